The molecule has 2 aliphatic heterocycles. The number of hydrogen-bond acceptors (Lipinski definition) is 4. The zero-order valence-electron chi connectivity index (χ0n) is 11.7. The molecule has 0 unspecified atom stereocenters. The second-order valence-corrected chi connectivity index (χ2v) is 6.56. The third kappa shape index (κ3) is 3.40. The van der Waals surface area contributed by atoms with Crippen molar-refractivity contribution in [1.82, 2.24) is 10.2 Å². The van der Waals surface area contributed by atoms with Crippen LogP contribution in [0.1, 0.15) is 36.6 Å². The fraction of sp³-hybridized carbons (Fsp3) is 0.667. The van der Waals surface area contributed by atoms with Crippen LogP contribution in [-0.4, -0.2) is 43.2 Å². The highest BCUT2D eigenvalue weighted by atomic mass is 32.1. The molecule has 1 N–H and O–H groups in total. The Hall–Kier alpha value is -0.910. The number of hydrogen-bond donors (Lipinski definition) is 1. The second-order valence-electron chi connectivity index (χ2n) is 5.58. The van der Waals surface area contributed by atoms with Gasteiger partial charge >= 0.3 is 0 Å². The zero-order valence-corrected chi connectivity index (χ0v) is 12.5. The lowest BCUT2D eigenvalue weighted by molar-refractivity contribution is -0.123. The molecule has 0 bridgehead atoms. The van der Waals surface area contributed by atoms with Crippen molar-refractivity contribution in [2.24, 2.45) is 0 Å². The minimum atomic E-state index is 0.129. The van der Waals surface area contributed by atoms with E-state index in [9.17, 15) is 4.79 Å². The summed E-state index contributed by atoms with van der Waals surface area (Å²) in [5, 5.41) is 5.13. The summed E-state index contributed by atoms with van der Waals surface area (Å²) < 4.78 is 5.53. The standard InChI is InChI=1S/C15H22N2O2S/c18-15(16-10-12-4-2-8-19-12)11-17-7-1-5-13(17)14-6-3-9-20-14/h3,6,9,12-13H,1-2,4-5,7-8,10-11H2,(H,16,18)/t12-,13+/m1/s1. The minimum Gasteiger partial charge on any atom is -0.376 e. The van der Waals surface area contributed by atoms with Gasteiger partial charge in [0, 0.05) is 24.1 Å². The summed E-state index contributed by atoms with van der Waals surface area (Å²) in [6.07, 6.45) is 4.77. The van der Waals surface area contributed by atoms with Gasteiger partial charge in [0.2, 0.25) is 5.91 Å². The van der Waals surface area contributed by atoms with Crippen LogP contribution in [-0.2, 0) is 9.53 Å². The Morgan fingerprint density at radius 2 is 2.40 bits per heavy atom. The first-order valence-corrected chi connectivity index (χ1v) is 8.36. The summed E-state index contributed by atoms with van der Waals surface area (Å²) in [5.74, 6) is 0.129. The molecule has 0 radical (unpaired) electrons. The maximum absolute atomic E-state index is 12.1. The van der Waals surface area contributed by atoms with E-state index in [2.05, 4.69) is 27.7 Å². The topological polar surface area (TPSA) is 41.6 Å². The van der Waals surface area contributed by atoms with Crippen molar-refractivity contribution in [3.63, 3.8) is 0 Å². The lowest BCUT2D eigenvalue weighted by Gasteiger charge is -2.23. The third-order valence-corrected chi connectivity index (χ3v) is 5.11. The van der Waals surface area contributed by atoms with Crippen LogP contribution in [0, 0.1) is 0 Å². The molecule has 4 nitrogen and oxygen atoms in total. The highest BCUT2D eigenvalue weighted by Gasteiger charge is 2.28. The van der Waals surface area contributed by atoms with Gasteiger partial charge in [-0.15, -0.1) is 11.3 Å². The molecule has 110 valence electrons. The van der Waals surface area contributed by atoms with Crippen LogP contribution in [0.15, 0.2) is 17.5 Å². The van der Waals surface area contributed by atoms with Gasteiger partial charge in [0.1, 0.15) is 0 Å². The summed E-state index contributed by atoms with van der Waals surface area (Å²) in [6, 6.07) is 4.70. The number of carbonyl (C=O) groups is 1. The van der Waals surface area contributed by atoms with Gasteiger partial charge in [-0.25, -0.2) is 0 Å². The van der Waals surface area contributed by atoms with Crippen molar-refractivity contribution < 1.29 is 9.53 Å². The van der Waals surface area contributed by atoms with Gasteiger partial charge in [-0.2, -0.15) is 0 Å². The van der Waals surface area contributed by atoms with Gasteiger partial charge in [-0.3, -0.25) is 9.69 Å². The summed E-state index contributed by atoms with van der Waals surface area (Å²) >= 11 is 1.79. The van der Waals surface area contributed by atoms with Gasteiger partial charge < -0.3 is 10.1 Å². The van der Waals surface area contributed by atoms with Crippen LogP contribution in [0.2, 0.25) is 0 Å². The van der Waals surface area contributed by atoms with E-state index in [0.29, 0.717) is 19.1 Å². The quantitative estimate of drug-likeness (QED) is 0.905. The Labute approximate surface area is 124 Å². The molecule has 20 heavy (non-hydrogen) atoms. The molecule has 0 aliphatic carbocycles. The molecule has 1 aromatic rings. The molecule has 2 aliphatic rings. The Kier molecular flexibility index (Phi) is 4.70. The first kappa shape index (κ1) is 14.0. The fourth-order valence-electron chi connectivity index (χ4n) is 3.09. The Balaban J connectivity index is 1.47. The maximum atomic E-state index is 12.1. The fourth-order valence-corrected chi connectivity index (χ4v) is 3.99. The van der Waals surface area contributed by atoms with Gasteiger partial charge in [-0.05, 0) is 43.7 Å². The SMILES string of the molecule is O=C(CN1CCC[C@H]1c1cccs1)NC[C@H]1CCCO1. The summed E-state index contributed by atoms with van der Waals surface area (Å²) in [7, 11) is 0. The highest BCUT2D eigenvalue weighted by molar-refractivity contribution is 7.10. The molecule has 0 spiro atoms. The number of likely N-dealkylation sites (tertiary alicyclic amines) is 1. The van der Waals surface area contributed by atoms with Crippen LogP contribution >= 0.6 is 11.3 Å². The van der Waals surface area contributed by atoms with Gasteiger partial charge in [-0.1, -0.05) is 6.07 Å². The first-order valence-electron chi connectivity index (χ1n) is 7.48. The summed E-state index contributed by atoms with van der Waals surface area (Å²) in [5.41, 5.74) is 0. The zero-order chi connectivity index (χ0) is 13.8. The first-order chi connectivity index (χ1) is 9.83. The van der Waals surface area contributed by atoms with Gasteiger partial charge in [0.05, 0.1) is 12.6 Å². The molecule has 3 rings (SSSR count). The molecular weight excluding hydrogens is 272 g/mol. The molecule has 2 fully saturated rings. The van der Waals surface area contributed by atoms with Crippen molar-refractivity contribution in [2.75, 3.05) is 26.2 Å². The van der Waals surface area contributed by atoms with Crippen LogP contribution in [0.3, 0.4) is 0 Å². The Morgan fingerprint density at radius 1 is 1.45 bits per heavy atom. The average molecular weight is 294 g/mol. The smallest absolute Gasteiger partial charge is 0.234 e. The van der Waals surface area contributed by atoms with Gasteiger partial charge in [0.25, 0.3) is 0 Å². The van der Waals surface area contributed by atoms with E-state index in [1.165, 1.54) is 17.7 Å². The molecule has 1 amide bonds. The average Bonchev–Trinajstić information content (AvgIpc) is 3.18. The van der Waals surface area contributed by atoms with Gasteiger partial charge in [0.15, 0.2) is 0 Å². The predicted molar refractivity (Wildman–Crippen MR) is 79.9 cm³/mol. The summed E-state index contributed by atoms with van der Waals surface area (Å²) in [4.78, 5) is 15.8. The van der Waals surface area contributed by atoms with E-state index in [1.54, 1.807) is 11.3 Å². The lowest BCUT2D eigenvalue weighted by Crippen LogP contribution is -2.39. The van der Waals surface area contributed by atoms with Crippen LogP contribution in [0.5, 0.6) is 0 Å². The molecule has 2 saturated heterocycles. The predicted octanol–water partition coefficient (Wildman–Crippen LogP) is 2.18. The molecule has 2 atom stereocenters. The second kappa shape index (κ2) is 6.70. The van der Waals surface area contributed by atoms with Crippen molar-refractivity contribution in [1.29, 1.82) is 0 Å². The molecule has 0 saturated carbocycles. The van der Waals surface area contributed by atoms with Crippen molar-refractivity contribution in [3.05, 3.63) is 22.4 Å². The van der Waals surface area contributed by atoms with Crippen LogP contribution < -0.4 is 5.32 Å². The molecule has 0 aromatic carbocycles. The minimum absolute atomic E-state index is 0.129. The largest absolute Gasteiger partial charge is 0.376 e. The maximum Gasteiger partial charge on any atom is 0.234 e. The van der Waals surface area contributed by atoms with E-state index < -0.39 is 0 Å². The number of nitrogens with zero attached hydrogens (tertiary/aromatic N) is 1. The number of rotatable bonds is 5. The van der Waals surface area contributed by atoms with Crippen molar-refractivity contribution in [2.45, 2.75) is 37.8 Å². The lowest BCUT2D eigenvalue weighted by atomic mass is 10.2. The monoisotopic (exact) mass is 294 g/mol. The number of ether oxygens (including phenoxy) is 1. The molecule has 5 heteroatoms. The van der Waals surface area contributed by atoms with Crippen LogP contribution in [0.25, 0.3) is 0 Å². The normalized spacial score (nSPS) is 27.0. The van der Waals surface area contributed by atoms with Crippen LogP contribution in [0.4, 0.5) is 0 Å². The molecule has 3 heterocycles. The number of thiophene rings is 1. The Bertz CT molecular complexity index is 429. The Morgan fingerprint density at radius 3 is 3.15 bits per heavy atom. The molecular formula is C15H22N2O2S. The third-order valence-electron chi connectivity index (χ3n) is 4.13. The van der Waals surface area contributed by atoms with Crippen molar-refractivity contribution in [3.8, 4) is 0 Å². The van der Waals surface area contributed by atoms with E-state index >= 15 is 0 Å². The van der Waals surface area contributed by atoms with E-state index in [1.807, 2.05) is 0 Å². The van der Waals surface area contributed by atoms with E-state index in [4.69, 9.17) is 4.74 Å². The highest BCUT2D eigenvalue weighted by Crippen LogP contribution is 2.33. The van der Waals surface area contributed by atoms with E-state index in [0.717, 1.165) is 26.0 Å². The number of amides is 1. The molecule has 1 aromatic heterocycles. The van der Waals surface area contributed by atoms with Crippen molar-refractivity contribution >= 4 is 17.2 Å². The number of nitrogens with one attached hydrogen (secondary N) is 1. The van der Waals surface area contributed by atoms with E-state index in [-0.39, 0.29) is 12.0 Å². The number of carbonyl (C=O) groups excluding carboxylic acids is 1. The summed E-state index contributed by atoms with van der Waals surface area (Å²) in [6.45, 7) is 3.04.